The van der Waals surface area contributed by atoms with Crippen LogP contribution in [0.3, 0.4) is 0 Å². The van der Waals surface area contributed by atoms with Gasteiger partial charge in [0.2, 0.25) is 5.91 Å². The summed E-state index contributed by atoms with van der Waals surface area (Å²) < 4.78 is 0. The third-order valence-electron chi connectivity index (χ3n) is 6.75. The van der Waals surface area contributed by atoms with Crippen LogP contribution in [0.4, 0.5) is 5.69 Å². The molecule has 0 aromatic heterocycles. The lowest BCUT2D eigenvalue weighted by atomic mass is 9.71. The number of hydrogen-bond donors (Lipinski definition) is 1. The number of hydrogen-bond acceptors (Lipinski definition) is 3. The molecule has 3 atom stereocenters. The van der Waals surface area contributed by atoms with Crippen molar-refractivity contribution in [2.45, 2.75) is 43.8 Å². The Kier molecular flexibility index (Phi) is 4.25. The maximum Gasteiger partial charge on any atom is 0.230 e. The first kappa shape index (κ1) is 17.0. The summed E-state index contributed by atoms with van der Waals surface area (Å²) in [7, 11) is 0. The second-order valence-corrected chi connectivity index (χ2v) is 8.14. The lowest BCUT2D eigenvalue weighted by molar-refractivity contribution is -0.126. The van der Waals surface area contributed by atoms with Crippen molar-refractivity contribution in [1.29, 1.82) is 0 Å². The highest BCUT2D eigenvalue weighted by Gasteiger charge is 2.53. The number of aliphatic hydroxyl groups is 1. The van der Waals surface area contributed by atoms with E-state index in [-0.39, 0.29) is 24.6 Å². The van der Waals surface area contributed by atoms with Crippen LogP contribution in [0, 0.1) is 5.92 Å². The number of rotatable bonds is 4. The number of carbonyl (C=O) groups is 1. The van der Waals surface area contributed by atoms with Gasteiger partial charge in [-0.1, -0.05) is 55.0 Å². The van der Waals surface area contributed by atoms with Crippen LogP contribution in [0.25, 0.3) is 0 Å². The van der Waals surface area contributed by atoms with Crippen LogP contribution >= 0.6 is 0 Å². The molecule has 5 rings (SSSR count). The zero-order chi connectivity index (χ0) is 18.4. The number of aliphatic hydroxyl groups excluding tert-OH is 1. The molecule has 2 aliphatic heterocycles. The van der Waals surface area contributed by atoms with Crippen molar-refractivity contribution < 1.29 is 9.90 Å². The second-order valence-electron chi connectivity index (χ2n) is 8.14. The predicted molar refractivity (Wildman–Crippen MR) is 106 cm³/mol. The van der Waals surface area contributed by atoms with Gasteiger partial charge in [0.25, 0.3) is 0 Å². The number of nitrogens with zero attached hydrogens (tertiary/aromatic N) is 2. The summed E-state index contributed by atoms with van der Waals surface area (Å²) in [5.74, 6) is 0.797. The zero-order valence-corrected chi connectivity index (χ0v) is 15.5. The highest BCUT2D eigenvalue weighted by molar-refractivity contribution is 5.97. The summed E-state index contributed by atoms with van der Waals surface area (Å²) in [6, 6.07) is 19.1. The molecule has 0 spiro atoms. The molecule has 1 N–H and O–H groups in total. The predicted octanol–water partition coefficient (Wildman–Crippen LogP) is 3.16. The molecule has 4 nitrogen and oxygen atoms in total. The molecule has 140 valence electrons. The minimum atomic E-state index is 0.123. The molecule has 2 heterocycles. The van der Waals surface area contributed by atoms with Crippen molar-refractivity contribution >= 4 is 11.6 Å². The van der Waals surface area contributed by atoms with Gasteiger partial charge in [0, 0.05) is 42.7 Å². The number of fused-ring (bicyclic) bond motifs is 3. The highest BCUT2D eigenvalue weighted by Crippen LogP contribution is 2.49. The summed E-state index contributed by atoms with van der Waals surface area (Å²) in [5, 5.41) is 10.1. The highest BCUT2D eigenvalue weighted by atomic mass is 16.3. The Labute approximate surface area is 160 Å². The second kappa shape index (κ2) is 6.77. The maximum atomic E-state index is 13.1. The van der Waals surface area contributed by atoms with Gasteiger partial charge >= 0.3 is 0 Å². The smallest absolute Gasteiger partial charge is 0.230 e. The van der Waals surface area contributed by atoms with E-state index in [4.69, 9.17) is 0 Å². The number of carbonyl (C=O) groups excluding carboxylic acids is 1. The first-order valence-electron chi connectivity index (χ1n) is 10.1. The van der Waals surface area contributed by atoms with Crippen LogP contribution < -0.4 is 4.90 Å². The van der Waals surface area contributed by atoms with Gasteiger partial charge in [-0.05, 0) is 30.0 Å². The van der Waals surface area contributed by atoms with Gasteiger partial charge in [0.15, 0.2) is 0 Å². The van der Waals surface area contributed by atoms with Gasteiger partial charge in [-0.2, -0.15) is 0 Å². The quantitative estimate of drug-likeness (QED) is 0.909. The van der Waals surface area contributed by atoms with E-state index in [1.807, 2.05) is 17.0 Å². The lowest BCUT2D eigenvalue weighted by Crippen LogP contribution is -2.69. The number of para-hydroxylation sites is 1. The Morgan fingerprint density at radius 2 is 1.78 bits per heavy atom. The molecule has 1 amide bonds. The van der Waals surface area contributed by atoms with E-state index in [1.54, 1.807) is 0 Å². The van der Waals surface area contributed by atoms with Gasteiger partial charge in [-0.15, -0.1) is 0 Å². The van der Waals surface area contributed by atoms with Crippen molar-refractivity contribution in [2.24, 2.45) is 5.92 Å². The van der Waals surface area contributed by atoms with Gasteiger partial charge in [-0.25, -0.2) is 0 Å². The molecular weight excluding hydrogens is 336 g/mol. The molecule has 3 aliphatic rings. The zero-order valence-electron chi connectivity index (χ0n) is 15.5. The standard InChI is InChI=1S/C23H26N2O2/c26-15-21-22-18-11-4-5-12-19(18)25(23(27)17-9-6-10-17)14-20(22)24(21)13-16-7-2-1-3-8-16/h1-5,7-8,11-12,17,20-22,26H,6,9-10,13-15H2/t20-,21+,22+/m1/s1. The SMILES string of the molecule is O=C(C1CCC1)N1C[C@@H]2[C@H](c3ccccc31)[C@H](CO)N2Cc1ccccc1. The van der Waals surface area contributed by atoms with Gasteiger partial charge in [0.05, 0.1) is 6.61 Å². The van der Waals surface area contributed by atoms with Crippen LogP contribution in [-0.4, -0.2) is 41.1 Å². The molecule has 0 radical (unpaired) electrons. The van der Waals surface area contributed by atoms with Crippen LogP contribution in [-0.2, 0) is 11.3 Å². The Morgan fingerprint density at radius 1 is 1.04 bits per heavy atom. The first-order chi connectivity index (χ1) is 13.3. The van der Waals surface area contributed by atoms with Crippen LogP contribution in [0.5, 0.6) is 0 Å². The molecule has 0 unspecified atom stereocenters. The van der Waals surface area contributed by atoms with E-state index in [1.165, 1.54) is 17.5 Å². The molecule has 2 fully saturated rings. The van der Waals surface area contributed by atoms with E-state index >= 15 is 0 Å². The molecule has 2 aromatic rings. The fourth-order valence-electron chi connectivity index (χ4n) is 5.08. The Hall–Kier alpha value is -2.17. The molecule has 0 bridgehead atoms. The number of amides is 1. The first-order valence-corrected chi connectivity index (χ1v) is 10.1. The van der Waals surface area contributed by atoms with Gasteiger partial charge in [-0.3, -0.25) is 9.69 Å². The summed E-state index contributed by atoms with van der Waals surface area (Å²) in [5.41, 5.74) is 3.54. The Bertz CT molecular complexity index is 833. The number of anilines is 1. The third-order valence-corrected chi connectivity index (χ3v) is 6.75. The van der Waals surface area contributed by atoms with Gasteiger partial charge in [0.1, 0.15) is 0 Å². The average molecular weight is 362 g/mol. The number of benzene rings is 2. The van der Waals surface area contributed by atoms with Crippen LogP contribution in [0.1, 0.15) is 36.3 Å². The molecule has 1 saturated carbocycles. The summed E-state index contributed by atoms with van der Waals surface area (Å²) in [4.78, 5) is 17.5. The summed E-state index contributed by atoms with van der Waals surface area (Å²) >= 11 is 0. The van der Waals surface area contributed by atoms with Crippen molar-refractivity contribution in [3.05, 3.63) is 65.7 Å². The fourth-order valence-corrected chi connectivity index (χ4v) is 5.08. The minimum absolute atomic E-state index is 0.123. The Balaban J connectivity index is 1.46. The van der Waals surface area contributed by atoms with Crippen molar-refractivity contribution in [2.75, 3.05) is 18.1 Å². The third kappa shape index (κ3) is 2.70. The topological polar surface area (TPSA) is 43.8 Å². The van der Waals surface area contributed by atoms with Crippen LogP contribution in [0.15, 0.2) is 54.6 Å². The largest absolute Gasteiger partial charge is 0.395 e. The molecular formula is C23H26N2O2. The van der Waals surface area contributed by atoms with E-state index < -0.39 is 0 Å². The fraction of sp³-hybridized carbons (Fsp3) is 0.435. The molecule has 4 heteroatoms. The Morgan fingerprint density at radius 3 is 2.48 bits per heavy atom. The molecule has 2 aromatic carbocycles. The summed E-state index contributed by atoms with van der Waals surface area (Å²) in [6.07, 6.45) is 3.22. The van der Waals surface area contributed by atoms with Crippen molar-refractivity contribution in [1.82, 2.24) is 4.90 Å². The maximum absolute atomic E-state index is 13.1. The van der Waals surface area contributed by atoms with Gasteiger partial charge < -0.3 is 10.0 Å². The average Bonchev–Trinajstić information content (AvgIpc) is 2.65. The normalized spacial score (nSPS) is 27.3. The number of likely N-dealkylation sites (tertiary alicyclic amines) is 1. The van der Waals surface area contributed by atoms with Crippen LogP contribution in [0.2, 0.25) is 0 Å². The van der Waals surface area contributed by atoms with Crippen molar-refractivity contribution in [3.63, 3.8) is 0 Å². The van der Waals surface area contributed by atoms with E-state index in [0.717, 1.165) is 31.6 Å². The molecule has 1 aliphatic carbocycles. The van der Waals surface area contributed by atoms with E-state index in [2.05, 4.69) is 47.4 Å². The monoisotopic (exact) mass is 362 g/mol. The van der Waals surface area contributed by atoms with E-state index in [0.29, 0.717) is 11.8 Å². The van der Waals surface area contributed by atoms with E-state index in [9.17, 15) is 9.90 Å². The minimum Gasteiger partial charge on any atom is -0.395 e. The lowest BCUT2D eigenvalue weighted by Gasteiger charge is -2.59. The molecule has 27 heavy (non-hydrogen) atoms. The summed E-state index contributed by atoms with van der Waals surface area (Å²) in [6.45, 7) is 1.71. The van der Waals surface area contributed by atoms with Crippen molar-refractivity contribution in [3.8, 4) is 0 Å². The molecule has 1 saturated heterocycles.